The number of carbonyl (C=O) groups is 1. The number of ketones is 1. The topological polar surface area (TPSA) is 37.3 Å². The molecule has 0 spiro atoms. The van der Waals surface area contributed by atoms with Crippen molar-refractivity contribution in [3.63, 3.8) is 0 Å². The maximum atomic E-state index is 13.0. The van der Waals surface area contributed by atoms with Gasteiger partial charge in [-0.2, -0.15) is 0 Å². The fourth-order valence-corrected chi connectivity index (χ4v) is 2.74. The molecule has 0 radical (unpaired) electrons. The predicted octanol–water partition coefficient (Wildman–Crippen LogP) is 6.12. The molecule has 0 bridgehead atoms. The van der Waals surface area contributed by atoms with Crippen LogP contribution in [0, 0.1) is 0 Å². The van der Waals surface area contributed by atoms with Crippen LogP contribution in [0.5, 0.6) is 5.75 Å². The van der Waals surface area contributed by atoms with E-state index in [1.54, 1.807) is 36.4 Å². The average molecular weight is 369 g/mol. The molecule has 0 fully saturated rings. The van der Waals surface area contributed by atoms with Gasteiger partial charge in [0, 0.05) is 11.1 Å². The number of rotatable bonds is 4. The van der Waals surface area contributed by atoms with Gasteiger partial charge >= 0.3 is 0 Å². The van der Waals surface area contributed by atoms with Crippen LogP contribution in [0.2, 0.25) is 10.0 Å². The Hall–Kier alpha value is -2.55. The van der Waals surface area contributed by atoms with Crippen LogP contribution in [0.4, 0.5) is 0 Å². The Balaban J connectivity index is 2.09. The molecular weight excluding hydrogens is 355 g/mol. The molecule has 3 aromatic rings. The molecule has 0 heterocycles. The fourth-order valence-electron chi connectivity index (χ4n) is 2.43. The first-order chi connectivity index (χ1) is 12.0. The number of phenolic OH excluding ortho intramolecular Hbond substituents is 1. The Morgan fingerprint density at radius 1 is 0.800 bits per heavy atom. The minimum absolute atomic E-state index is 0.117. The van der Waals surface area contributed by atoms with E-state index in [1.807, 2.05) is 30.3 Å². The van der Waals surface area contributed by atoms with Crippen molar-refractivity contribution >= 4 is 40.6 Å². The van der Waals surface area contributed by atoms with Gasteiger partial charge in [-0.25, -0.2) is 0 Å². The van der Waals surface area contributed by atoms with Crippen molar-refractivity contribution in [2.24, 2.45) is 0 Å². The third kappa shape index (κ3) is 4.11. The molecule has 0 aliphatic carbocycles. The monoisotopic (exact) mass is 368 g/mol. The number of halogens is 2. The van der Waals surface area contributed by atoms with Gasteiger partial charge in [-0.05, 0) is 53.6 Å². The summed E-state index contributed by atoms with van der Waals surface area (Å²) in [6, 6.07) is 20.8. The van der Waals surface area contributed by atoms with Crippen molar-refractivity contribution in [3.8, 4) is 5.75 Å². The predicted molar refractivity (Wildman–Crippen MR) is 103 cm³/mol. The zero-order valence-electron chi connectivity index (χ0n) is 13.1. The number of hydrogen-bond donors (Lipinski definition) is 1. The van der Waals surface area contributed by atoms with Gasteiger partial charge in [0.05, 0.1) is 10.0 Å². The summed E-state index contributed by atoms with van der Waals surface area (Å²) in [6.07, 6.45) is 1.78. The lowest BCUT2D eigenvalue weighted by atomic mass is 9.95. The first-order valence-corrected chi connectivity index (χ1v) is 8.36. The summed E-state index contributed by atoms with van der Waals surface area (Å²) in [6.45, 7) is 0. The maximum Gasteiger partial charge on any atom is 0.193 e. The molecule has 0 unspecified atom stereocenters. The minimum Gasteiger partial charge on any atom is -0.508 e. The van der Waals surface area contributed by atoms with Gasteiger partial charge < -0.3 is 5.11 Å². The van der Waals surface area contributed by atoms with E-state index < -0.39 is 0 Å². The van der Waals surface area contributed by atoms with Crippen molar-refractivity contribution in [2.75, 3.05) is 0 Å². The normalized spacial score (nSPS) is 11.4. The highest BCUT2D eigenvalue weighted by Gasteiger charge is 2.15. The number of allylic oxidation sites excluding steroid dienone is 1. The quantitative estimate of drug-likeness (QED) is 0.342. The van der Waals surface area contributed by atoms with Crippen molar-refractivity contribution in [2.45, 2.75) is 0 Å². The van der Waals surface area contributed by atoms with Gasteiger partial charge in [0.15, 0.2) is 5.78 Å². The van der Waals surface area contributed by atoms with E-state index in [4.69, 9.17) is 23.2 Å². The van der Waals surface area contributed by atoms with Crippen LogP contribution in [-0.2, 0) is 0 Å². The van der Waals surface area contributed by atoms with Crippen LogP contribution in [0.1, 0.15) is 21.5 Å². The van der Waals surface area contributed by atoms with Gasteiger partial charge in [0.2, 0.25) is 0 Å². The molecule has 0 aliphatic rings. The summed E-state index contributed by atoms with van der Waals surface area (Å²) in [5, 5.41) is 10.3. The van der Waals surface area contributed by atoms with Gasteiger partial charge in [0.1, 0.15) is 5.75 Å². The summed E-state index contributed by atoms with van der Waals surface area (Å²) >= 11 is 12.0. The van der Waals surface area contributed by atoms with Gasteiger partial charge in [-0.3, -0.25) is 4.79 Å². The highest BCUT2D eigenvalue weighted by molar-refractivity contribution is 6.42. The Morgan fingerprint density at radius 3 is 2.12 bits per heavy atom. The lowest BCUT2D eigenvalue weighted by Crippen LogP contribution is -2.02. The number of aromatic hydroxyl groups is 1. The van der Waals surface area contributed by atoms with Crippen LogP contribution >= 0.6 is 23.2 Å². The van der Waals surface area contributed by atoms with Crippen LogP contribution in [0.3, 0.4) is 0 Å². The zero-order valence-corrected chi connectivity index (χ0v) is 14.6. The van der Waals surface area contributed by atoms with E-state index in [0.29, 0.717) is 21.2 Å². The second-order valence-electron chi connectivity index (χ2n) is 5.47. The molecule has 0 saturated carbocycles. The van der Waals surface area contributed by atoms with E-state index in [-0.39, 0.29) is 11.5 Å². The van der Waals surface area contributed by atoms with Crippen LogP contribution in [0.15, 0.2) is 72.8 Å². The third-order valence-corrected chi connectivity index (χ3v) is 4.45. The zero-order chi connectivity index (χ0) is 17.8. The number of Topliss-reactive ketones (excluding diaryl/α,β-unsaturated/α-hetero) is 1. The molecule has 0 saturated heterocycles. The van der Waals surface area contributed by atoms with Crippen LogP contribution in [-0.4, -0.2) is 10.9 Å². The first-order valence-electron chi connectivity index (χ1n) is 7.60. The van der Waals surface area contributed by atoms with E-state index in [2.05, 4.69) is 0 Å². The average Bonchev–Trinajstić information content (AvgIpc) is 2.63. The second kappa shape index (κ2) is 7.56. The van der Waals surface area contributed by atoms with E-state index in [0.717, 1.165) is 11.1 Å². The summed E-state index contributed by atoms with van der Waals surface area (Å²) < 4.78 is 0. The molecule has 3 rings (SSSR count). The molecule has 1 N–H and O–H groups in total. The standard InChI is InChI=1S/C21H14Cl2O2/c22-19-11-6-14(13-20(19)23)12-18(15-4-2-1-3-5-15)21(25)16-7-9-17(24)10-8-16/h1-13,24H/b18-12+. The molecule has 0 aromatic heterocycles. The van der Waals surface area contributed by atoms with Crippen molar-refractivity contribution < 1.29 is 9.90 Å². The Morgan fingerprint density at radius 2 is 1.48 bits per heavy atom. The fraction of sp³-hybridized carbons (Fsp3) is 0. The Labute approximate surface area is 156 Å². The third-order valence-electron chi connectivity index (χ3n) is 3.71. The van der Waals surface area contributed by atoms with Crippen molar-refractivity contribution in [3.05, 3.63) is 99.5 Å². The van der Waals surface area contributed by atoms with Gasteiger partial charge in [-0.15, -0.1) is 0 Å². The Kier molecular flexibility index (Phi) is 5.22. The first kappa shape index (κ1) is 17.3. The molecular formula is C21H14Cl2O2. The van der Waals surface area contributed by atoms with Crippen molar-refractivity contribution in [1.29, 1.82) is 0 Å². The number of carbonyl (C=O) groups excluding carboxylic acids is 1. The number of hydrogen-bond acceptors (Lipinski definition) is 2. The highest BCUT2D eigenvalue weighted by Crippen LogP contribution is 2.27. The van der Waals surface area contributed by atoms with E-state index >= 15 is 0 Å². The highest BCUT2D eigenvalue weighted by atomic mass is 35.5. The Bertz CT molecular complexity index is 930. The SMILES string of the molecule is O=C(/C(=C/c1ccc(Cl)c(Cl)c1)c1ccccc1)c1ccc(O)cc1. The van der Waals surface area contributed by atoms with Crippen molar-refractivity contribution in [1.82, 2.24) is 0 Å². The maximum absolute atomic E-state index is 13.0. The molecule has 0 amide bonds. The smallest absolute Gasteiger partial charge is 0.193 e. The molecule has 124 valence electrons. The largest absolute Gasteiger partial charge is 0.508 e. The van der Waals surface area contributed by atoms with Gasteiger partial charge in [0.25, 0.3) is 0 Å². The number of phenols is 1. The lowest BCUT2D eigenvalue weighted by Gasteiger charge is -2.09. The van der Waals surface area contributed by atoms with E-state index in [1.165, 1.54) is 12.1 Å². The lowest BCUT2D eigenvalue weighted by molar-refractivity contribution is 0.105. The minimum atomic E-state index is -0.141. The van der Waals surface area contributed by atoms with Gasteiger partial charge in [-0.1, -0.05) is 59.6 Å². The van der Waals surface area contributed by atoms with Crippen LogP contribution < -0.4 is 0 Å². The summed E-state index contributed by atoms with van der Waals surface area (Å²) in [5.74, 6) is -0.0245. The molecule has 2 nitrogen and oxygen atoms in total. The summed E-state index contributed by atoms with van der Waals surface area (Å²) in [7, 11) is 0. The number of benzene rings is 3. The molecule has 25 heavy (non-hydrogen) atoms. The molecule has 4 heteroatoms. The molecule has 3 aromatic carbocycles. The summed E-state index contributed by atoms with van der Waals surface area (Å²) in [4.78, 5) is 13.0. The second-order valence-corrected chi connectivity index (χ2v) is 6.29. The summed E-state index contributed by atoms with van der Waals surface area (Å²) in [5.41, 5.74) is 2.60. The molecule has 0 atom stereocenters. The van der Waals surface area contributed by atoms with Crippen LogP contribution in [0.25, 0.3) is 11.6 Å². The van der Waals surface area contributed by atoms with E-state index in [9.17, 15) is 9.90 Å². The molecule has 0 aliphatic heterocycles.